The Morgan fingerprint density at radius 1 is 1.38 bits per heavy atom. The maximum atomic E-state index is 6.10. The highest BCUT2D eigenvalue weighted by Crippen LogP contribution is 2.27. The average Bonchev–Trinajstić information content (AvgIpc) is 2.73. The molecule has 0 saturated heterocycles. The largest absolute Gasteiger partial charge is 0.487 e. The Labute approximate surface area is 134 Å². The summed E-state index contributed by atoms with van der Waals surface area (Å²) < 4.78 is 9.04. The molecular formula is C16H22BrN3O. The van der Waals surface area contributed by atoms with Crippen LogP contribution >= 0.6 is 15.9 Å². The molecule has 21 heavy (non-hydrogen) atoms. The van der Waals surface area contributed by atoms with Crippen molar-refractivity contribution in [2.75, 3.05) is 7.05 Å². The standard InChI is InChI=1S/C16H22BrN3O/c1-5-13-15(17)14(20(4)19-13)10-21-16-11(2)7-6-8-12(16)9-18-3/h6-8,18H,5,9-10H2,1-4H3. The van der Waals surface area contributed by atoms with E-state index in [9.17, 15) is 0 Å². The Bertz CT molecular complexity index is 622. The monoisotopic (exact) mass is 351 g/mol. The first kappa shape index (κ1) is 16.0. The normalized spacial score (nSPS) is 10.9. The molecule has 0 fully saturated rings. The highest BCUT2D eigenvalue weighted by molar-refractivity contribution is 9.10. The highest BCUT2D eigenvalue weighted by atomic mass is 79.9. The van der Waals surface area contributed by atoms with E-state index in [4.69, 9.17) is 4.74 Å². The number of rotatable bonds is 6. The van der Waals surface area contributed by atoms with Crippen molar-refractivity contribution >= 4 is 15.9 Å². The molecule has 0 aliphatic rings. The second-order valence-electron chi connectivity index (χ2n) is 5.07. The molecule has 0 spiro atoms. The summed E-state index contributed by atoms with van der Waals surface area (Å²) in [5.41, 5.74) is 4.45. The van der Waals surface area contributed by atoms with Gasteiger partial charge < -0.3 is 10.1 Å². The Morgan fingerprint density at radius 2 is 2.14 bits per heavy atom. The first-order valence-electron chi connectivity index (χ1n) is 7.14. The lowest BCUT2D eigenvalue weighted by Gasteiger charge is -2.14. The van der Waals surface area contributed by atoms with Crippen molar-refractivity contribution in [3.8, 4) is 5.75 Å². The molecule has 0 amide bonds. The van der Waals surface area contributed by atoms with Crippen molar-refractivity contribution in [1.82, 2.24) is 15.1 Å². The van der Waals surface area contributed by atoms with Crippen molar-refractivity contribution in [2.24, 2.45) is 7.05 Å². The Balaban J connectivity index is 2.22. The van der Waals surface area contributed by atoms with Gasteiger partial charge in [0.25, 0.3) is 0 Å². The van der Waals surface area contributed by atoms with E-state index in [0.717, 1.165) is 40.1 Å². The molecule has 2 aromatic rings. The average molecular weight is 352 g/mol. The minimum Gasteiger partial charge on any atom is -0.487 e. The van der Waals surface area contributed by atoms with Gasteiger partial charge in [0.1, 0.15) is 12.4 Å². The van der Waals surface area contributed by atoms with Crippen LogP contribution in [0.4, 0.5) is 0 Å². The van der Waals surface area contributed by atoms with Gasteiger partial charge in [-0.05, 0) is 41.9 Å². The van der Waals surface area contributed by atoms with E-state index >= 15 is 0 Å². The molecule has 0 saturated carbocycles. The lowest BCUT2D eigenvalue weighted by Crippen LogP contribution is -2.10. The van der Waals surface area contributed by atoms with E-state index in [1.54, 1.807) is 0 Å². The fourth-order valence-corrected chi connectivity index (χ4v) is 3.10. The van der Waals surface area contributed by atoms with Crippen LogP contribution in [0.3, 0.4) is 0 Å². The number of hydrogen-bond donors (Lipinski definition) is 1. The van der Waals surface area contributed by atoms with Gasteiger partial charge in [-0.1, -0.05) is 25.1 Å². The number of nitrogens with one attached hydrogen (secondary N) is 1. The van der Waals surface area contributed by atoms with Crippen molar-refractivity contribution in [3.63, 3.8) is 0 Å². The van der Waals surface area contributed by atoms with E-state index < -0.39 is 0 Å². The molecule has 0 radical (unpaired) electrons. The summed E-state index contributed by atoms with van der Waals surface area (Å²) in [6.45, 7) is 5.48. The number of halogens is 1. The summed E-state index contributed by atoms with van der Waals surface area (Å²) in [6, 6.07) is 6.23. The molecule has 1 N–H and O–H groups in total. The van der Waals surface area contributed by atoms with Gasteiger partial charge in [0.05, 0.1) is 15.9 Å². The van der Waals surface area contributed by atoms with Crippen LogP contribution < -0.4 is 10.1 Å². The van der Waals surface area contributed by atoms with Crippen LogP contribution in [0.2, 0.25) is 0 Å². The summed E-state index contributed by atoms with van der Waals surface area (Å²) in [5, 5.41) is 7.68. The number of hydrogen-bond acceptors (Lipinski definition) is 3. The van der Waals surface area contributed by atoms with Gasteiger partial charge in [0, 0.05) is 19.2 Å². The topological polar surface area (TPSA) is 39.1 Å². The van der Waals surface area contributed by atoms with Gasteiger partial charge in [0.2, 0.25) is 0 Å². The number of ether oxygens (including phenoxy) is 1. The van der Waals surface area contributed by atoms with E-state index in [1.807, 2.05) is 18.8 Å². The Hall–Kier alpha value is -1.33. The van der Waals surface area contributed by atoms with E-state index in [-0.39, 0.29) is 0 Å². The van der Waals surface area contributed by atoms with E-state index in [2.05, 4.69) is 58.4 Å². The van der Waals surface area contributed by atoms with Crippen LogP contribution in [0.5, 0.6) is 5.75 Å². The summed E-state index contributed by atoms with van der Waals surface area (Å²) in [6.07, 6.45) is 0.907. The molecule has 0 aliphatic carbocycles. The van der Waals surface area contributed by atoms with Crippen LogP contribution in [0.15, 0.2) is 22.7 Å². The predicted molar refractivity (Wildman–Crippen MR) is 88.6 cm³/mol. The zero-order valence-electron chi connectivity index (χ0n) is 13.0. The van der Waals surface area contributed by atoms with E-state index in [0.29, 0.717) is 6.61 Å². The van der Waals surface area contributed by atoms with Gasteiger partial charge in [-0.15, -0.1) is 0 Å². The van der Waals surface area contributed by atoms with Gasteiger partial charge in [-0.2, -0.15) is 5.10 Å². The quantitative estimate of drug-likeness (QED) is 0.867. The van der Waals surface area contributed by atoms with Gasteiger partial charge in [0.15, 0.2) is 0 Å². The number of nitrogens with zero attached hydrogens (tertiary/aromatic N) is 2. The van der Waals surface area contributed by atoms with Crippen molar-refractivity contribution in [1.29, 1.82) is 0 Å². The smallest absolute Gasteiger partial charge is 0.131 e. The fourth-order valence-electron chi connectivity index (χ4n) is 2.37. The van der Waals surface area contributed by atoms with E-state index in [1.165, 1.54) is 5.56 Å². The molecule has 1 heterocycles. The second-order valence-corrected chi connectivity index (χ2v) is 5.86. The van der Waals surface area contributed by atoms with Crippen molar-refractivity contribution < 1.29 is 4.74 Å². The minimum absolute atomic E-state index is 0.506. The molecule has 0 aliphatic heterocycles. The molecule has 1 aromatic carbocycles. The maximum absolute atomic E-state index is 6.10. The molecule has 1 aromatic heterocycles. The van der Waals surface area contributed by atoms with Gasteiger partial charge in [-0.3, -0.25) is 4.68 Å². The number of aryl methyl sites for hydroxylation is 3. The lowest BCUT2D eigenvalue weighted by molar-refractivity contribution is 0.288. The van der Waals surface area contributed by atoms with Crippen LogP contribution in [0, 0.1) is 6.92 Å². The number of benzene rings is 1. The molecule has 4 nitrogen and oxygen atoms in total. The Kier molecular flexibility index (Phi) is 5.42. The zero-order chi connectivity index (χ0) is 15.4. The third kappa shape index (κ3) is 3.47. The first-order chi connectivity index (χ1) is 10.1. The van der Waals surface area contributed by atoms with Crippen LogP contribution in [-0.2, 0) is 26.6 Å². The molecular weight excluding hydrogens is 330 g/mol. The zero-order valence-corrected chi connectivity index (χ0v) is 14.6. The summed E-state index contributed by atoms with van der Waals surface area (Å²) >= 11 is 3.63. The summed E-state index contributed by atoms with van der Waals surface area (Å²) in [4.78, 5) is 0. The van der Waals surface area contributed by atoms with Gasteiger partial charge in [-0.25, -0.2) is 0 Å². The van der Waals surface area contributed by atoms with Crippen molar-refractivity contribution in [2.45, 2.75) is 33.4 Å². The lowest BCUT2D eigenvalue weighted by atomic mass is 10.1. The first-order valence-corrected chi connectivity index (χ1v) is 7.93. The minimum atomic E-state index is 0.506. The molecule has 114 valence electrons. The predicted octanol–water partition coefficient (Wildman–Crippen LogP) is 3.35. The third-order valence-electron chi connectivity index (χ3n) is 3.52. The number of aromatic nitrogens is 2. The fraction of sp³-hybridized carbons (Fsp3) is 0.438. The van der Waals surface area contributed by atoms with Crippen LogP contribution in [-0.4, -0.2) is 16.8 Å². The summed E-state index contributed by atoms with van der Waals surface area (Å²) in [5.74, 6) is 0.956. The molecule has 0 atom stereocenters. The Morgan fingerprint density at radius 3 is 2.76 bits per heavy atom. The second kappa shape index (κ2) is 7.09. The highest BCUT2D eigenvalue weighted by Gasteiger charge is 2.14. The molecule has 5 heteroatoms. The maximum Gasteiger partial charge on any atom is 0.131 e. The third-order valence-corrected chi connectivity index (χ3v) is 4.43. The summed E-state index contributed by atoms with van der Waals surface area (Å²) in [7, 11) is 3.90. The van der Waals surface area contributed by atoms with Crippen molar-refractivity contribution in [3.05, 3.63) is 45.2 Å². The SMILES string of the molecule is CCc1nn(C)c(COc2c(C)cccc2CNC)c1Br. The van der Waals surface area contributed by atoms with Crippen LogP contribution in [0.1, 0.15) is 29.4 Å². The molecule has 2 rings (SSSR count). The number of para-hydroxylation sites is 1. The molecule has 0 unspecified atom stereocenters. The molecule has 0 bridgehead atoms. The van der Waals surface area contributed by atoms with Gasteiger partial charge >= 0.3 is 0 Å². The van der Waals surface area contributed by atoms with Crippen LogP contribution in [0.25, 0.3) is 0 Å².